The van der Waals surface area contributed by atoms with Crippen LogP contribution in [0.2, 0.25) is 0 Å². The summed E-state index contributed by atoms with van der Waals surface area (Å²) in [5.41, 5.74) is 7.62. The molecule has 8 atom stereocenters. The summed E-state index contributed by atoms with van der Waals surface area (Å²) < 4.78 is 13.8. The number of aromatic hydroxyl groups is 10. The minimum atomic E-state index is -0.792. The first-order valence-electron chi connectivity index (χ1n) is 22.2. The van der Waals surface area contributed by atoms with E-state index in [9.17, 15) is 51.1 Å². The van der Waals surface area contributed by atoms with Crippen molar-refractivity contribution in [2.75, 3.05) is 0 Å². The number of hydrogen-bond acceptors (Lipinski definition) is 12. The van der Waals surface area contributed by atoms with Gasteiger partial charge in [-0.3, -0.25) is 0 Å². The maximum absolute atomic E-state index is 12.6. The van der Waals surface area contributed by atoms with E-state index in [0.717, 1.165) is 11.1 Å². The van der Waals surface area contributed by atoms with E-state index in [2.05, 4.69) is 0 Å². The number of ether oxygens (including phenoxy) is 2. The van der Waals surface area contributed by atoms with Crippen molar-refractivity contribution < 1.29 is 60.5 Å². The smallest absolute Gasteiger partial charge is 0.135 e. The molecule has 0 radical (unpaired) electrons. The van der Waals surface area contributed by atoms with Gasteiger partial charge in [-0.2, -0.15) is 0 Å². The van der Waals surface area contributed by atoms with Gasteiger partial charge in [-0.25, -0.2) is 0 Å². The first-order valence-corrected chi connectivity index (χ1v) is 22.2. The maximum atomic E-state index is 12.6. The van der Waals surface area contributed by atoms with Gasteiger partial charge in [0.05, 0.1) is 11.8 Å². The number of benzene rings is 8. The highest BCUT2D eigenvalue weighted by atomic mass is 16.5. The Bertz CT molecular complexity index is 3070. The van der Waals surface area contributed by atoms with Crippen molar-refractivity contribution in [3.63, 3.8) is 0 Å². The quantitative estimate of drug-likeness (QED) is 0.0753. The van der Waals surface area contributed by atoms with E-state index in [1.807, 2.05) is 0 Å². The number of phenols is 10. The maximum Gasteiger partial charge on any atom is 0.135 e. The van der Waals surface area contributed by atoms with E-state index in [-0.39, 0.29) is 57.5 Å². The fourth-order valence-corrected chi connectivity index (χ4v) is 12.0. The van der Waals surface area contributed by atoms with Gasteiger partial charge < -0.3 is 60.5 Å². The van der Waals surface area contributed by atoms with Crippen LogP contribution in [-0.2, 0) is 0 Å². The van der Waals surface area contributed by atoms with Crippen molar-refractivity contribution in [1.29, 1.82) is 0 Å². The molecule has 8 unspecified atom stereocenters. The standard InChI is InChI=1S/C56H42O12/c57-31-9-1-25(2-10-31)43-47-39(65)23-41-49(45(29-17-35(61)21-36(62)18-29)55(67-41)27-5-13-33(59)14-6-27)53(47)52-44(26-3-11-32(58)12-4-26)48-40(66)24-42-50(54(48)51(43)52)46(30-19-37(63)22-38(64)20-30)56(68-42)28-7-15-34(60)16-8-28/h1-24,43-46,51-52,55-66H. The van der Waals surface area contributed by atoms with E-state index < -0.39 is 47.7 Å². The molecule has 0 fully saturated rings. The summed E-state index contributed by atoms with van der Waals surface area (Å²) in [5.74, 6) is -4.13. The normalized spacial score (nSPS) is 22.6. The Hall–Kier alpha value is -8.64. The van der Waals surface area contributed by atoms with Gasteiger partial charge in [0.15, 0.2) is 0 Å². The average molecular weight is 907 g/mol. The molecule has 2 heterocycles. The summed E-state index contributed by atoms with van der Waals surface area (Å²) in [6.45, 7) is 0. The van der Waals surface area contributed by atoms with Crippen molar-refractivity contribution in [2.45, 2.75) is 47.7 Å². The summed E-state index contributed by atoms with van der Waals surface area (Å²) in [6, 6.07) is 38.6. The van der Waals surface area contributed by atoms with Crippen LogP contribution in [0, 0.1) is 0 Å². The zero-order valence-corrected chi connectivity index (χ0v) is 35.8. The lowest BCUT2D eigenvalue weighted by Gasteiger charge is -2.27. The number of rotatable bonds is 6. The zero-order chi connectivity index (χ0) is 46.9. The molecular formula is C56H42O12. The number of phenolic OH excluding ortho intramolecular Hbond substituents is 10. The highest BCUT2D eigenvalue weighted by Gasteiger charge is 2.59. The highest BCUT2D eigenvalue weighted by Crippen LogP contribution is 2.74. The van der Waals surface area contributed by atoms with Crippen LogP contribution in [-0.4, -0.2) is 51.1 Å². The van der Waals surface area contributed by atoms with Crippen molar-refractivity contribution >= 4 is 0 Å². The molecule has 12 nitrogen and oxygen atoms in total. The Morgan fingerprint density at radius 2 is 0.544 bits per heavy atom. The first kappa shape index (κ1) is 40.8. The predicted octanol–water partition coefficient (Wildman–Crippen LogP) is 10.4. The molecule has 2 aliphatic heterocycles. The predicted molar refractivity (Wildman–Crippen MR) is 248 cm³/mol. The van der Waals surface area contributed by atoms with Crippen molar-refractivity contribution in [3.8, 4) is 69.0 Å². The largest absolute Gasteiger partial charge is 0.508 e. The summed E-state index contributed by atoms with van der Waals surface area (Å²) >= 11 is 0. The Morgan fingerprint density at radius 1 is 0.250 bits per heavy atom. The minimum Gasteiger partial charge on any atom is -0.508 e. The molecular weight excluding hydrogens is 865 g/mol. The SMILES string of the molecule is Oc1ccc(C2Oc3cc(O)c4c(c3C2c2cc(O)cc(O)c2)C2C(c3ccc(O)cc3)c3c(O)cc5c(c3C2C4c2ccc(O)cc2)C(c2cc(O)cc(O)c2)C(c2ccc(O)cc2)O5)cc1. The lowest BCUT2D eigenvalue weighted by Crippen LogP contribution is -2.15. The molecule has 0 saturated heterocycles. The monoisotopic (exact) mass is 906 g/mol. The first-order chi connectivity index (χ1) is 32.8. The second-order valence-corrected chi connectivity index (χ2v) is 18.2. The lowest BCUT2D eigenvalue weighted by atomic mass is 9.74. The van der Waals surface area contributed by atoms with E-state index in [1.165, 1.54) is 12.1 Å². The van der Waals surface area contributed by atoms with Gasteiger partial charge in [0.25, 0.3) is 0 Å². The fraction of sp³-hybridized carbons (Fsp3) is 0.143. The van der Waals surface area contributed by atoms with Crippen LogP contribution in [0.4, 0.5) is 0 Å². The van der Waals surface area contributed by atoms with Crippen LogP contribution in [0.15, 0.2) is 146 Å². The summed E-state index contributed by atoms with van der Waals surface area (Å²) in [4.78, 5) is 0. The molecule has 12 rings (SSSR count). The van der Waals surface area contributed by atoms with Crippen LogP contribution < -0.4 is 9.47 Å². The van der Waals surface area contributed by atoms with Crippen LogP contribution in [0.1, 0.15) is 114 Å². The number of fused-ring (bicyclic) bond motifs is 9. The van der Waals surface area contributed by atoms with E-state index in [4.69, 9.17) is 9.47 Å². The summed E-state index contributed by atoms with van der Waals surface area (Å²) in [6.07, 6.45) is -1.58. The van der Waals surface area contributed by atoms with Crippen molar-refractivity contribution in [1.82, 2.24) is 0 Å². The third kappa shape index (κ3) is 6.20. The van der Waals surface area contributed by atoms with Gasteiger partial charge in [-0.1, -0.05) is 48.5 Å². The molecule has 0 spiro atoms. The van der Waals surface area contributed by atoms with Gasteiger partial charge >= 0.3 is 0 Å². The molecule has 10 N–H and O–H groups in total. The van der Waals surface area contributed by atoms with Crippen LogP contribution >= 0.6 is 0 Å². The molecule has 8 aromatic rings. The third-order valence-electron chi connectivity index (χ3n) is 14.4. The molecule has 4 aliphatic rings. The molecule has 2 aliphatic carbocycles. The highest BCUT2D eigenvalue weighted by molar-refractivity contribution is 5.75. The molecule has 338 valence electrons. The summed E-state index contributed by atoms with van der Waals surface area (Å²) in [7, 11) is 0. The third-order valence-corrected chi connectivity index (χ3v) is 14.4. The van der Waals surface area contributed by atoms with E-state index in [1.54, 1.807) is 133 Å². The minimum absolute atomic E-state index is 0.0248. The topological polar surface area (TPSA) is 221 Å². The Labute approximate surface area is 388 Å². The fourth-order valence-electron chi connectivity index (χ4n) is 12.0. The van der Waals surface area contributed by atoms with Gasteiger partial charge in [-0.05, 0) is 117 Å². The molecule has 0 saturated carbocycles. The van der Waals surface area contributed by atoms with Gasteiger partial charge in [0.1, 0.15) is 81.2 Å². The van der Waals surface area contributed by atoms with Crippen LogP contribution in [0.3, 0.4) is 0 Å². The van der Waals surface area contributed by atoms with Crippen LogP contribution in [0.5, 0.6) is 69.0 Å². The number of hydrogen-bond donors (Lipinski definition) is 10. The molecule has 68 heavy (non-hydrogen) atoms. The Morgan fingerprint density at radius 3 is 0.853 bits per heavy atom. The summed E-state index contributed by atoms with van der Waals surface area (Å²) in [5, 5.41) is 111. The lowest BCUT2D eigenvalue weighted by molar-refractivity contribution is 0.221. The van der Waals surface area contributed by atoms with E-state index in [0.29, 0.717) is 67.1 Å². The van der Waals surface area contributed by atoms with Gasteiger partial charge in [0, 0.05) is 70.2 Å². The van der Waals surface area contributed by atoms with Gasteiger partial charge in [0.2, 0.25) is 0 Å². The molecule has 0 aromatic heterocycles. The molecule has 12 heteroatoms. The Balaban J connectivity index is 1.19. The van der Waals surface area contributed by atoms with Gasteiger partial charge in [-0.15, -0.1) is 0 Å². The molecule has 8 aromatic carbocycles. The molecule has 0 amide bonds. The van der Waals surface area contributed by atoms with E-state index >= 15 is 0 Å². The zero-order valence-electron chi connectivity index (χ0n) is 35.8. The van der Waals surface area contributed by atoms with Crippen LogP contribution in [0.25, 0.3) is 0 Å². The molecule has 0 bridgehead atoms. The Kier molecular flexibility index (Phi) is 8.97. The van der Waals surface area contributed by atoms with Crippen molar-refractivity contribution in [2.24, 2.45) is 0 Å². The van der Waals surface area contributed by atoms with Crippen molar-refractivity contribution in [3.05, 3.63) is 212 Å². The average Bonchev–Trinajstić information content (AvgIpc) is 4.05. The second-order valence-electron chi connectivity index (χ2n) is 18.2. The second kappa shape index (κ2) is 14.9.